The van der Waals surface area contributed by atoms with Crippen molar-refractivity contribution in [1.82, 2.24) is 24.4 Å². The van der Waals surface area contributed by atoms with Crippen molar-refractivity contribution in [3.05, 3.63) is 32.6 Å². The van der Waals surface area contributed by atoms with Gasteiger partial charge in [-0.3, -0.25) is 14.0 Å². The van der Waals surface area contributed by atoms with Gasteiger partial charge in [0.1, 0.15) is 17.9 Å². The van der Waals surface area contributed by atoms with Gasteiger partial charge in [-0.1, -0.05) is 11.6 Å². The maximum atomic E-state index is 13.0. The van der Waals surface area contributed by atoms with Crippen molar-refractivity contribution in [3.63, 3.8) is 0 Å². The molecular weight excluding hydrogens is 398 g/mol. The van der Waals surface area contributed by atoms with Crippen LogP contribution in [-0.2, 0) is 11.3 Å². The molecule has 9 heteroatoms. The maximum absolute atomic E-state index is 13.0. The number of likely N-dealkylation sites (N-methyl/N-ethyl adjacent to an activating group) is 1. The van der Waals surface area contributed by atoms with Crippen LogP contribution in [0.4, 0.5) is 0 Å². The number of piperidine rings is 1. The topological polar surface area (TPSA) is 71.6 Å². The molecule has 3 aromatic heterocycles. The SMILES string of the molecule is CN1CCC[C@@H](NC(=O)Cn2nc(C3CC3)n3c(cc4sc(Cl)cc43)c2=O)C1. The molecule has 1 aliphatic carbocycles. The standard InChI is InChI=1S/C19H22ClN5O2S/c1-23-6-2-3-12(9-23)21-17(26)10-24-19(27)14-7-15-13(8-16(20)28-15)25(14)18(22-24)11-4-5-11/h7-8,11-12H,2-6,9-10H2,1H3,(H,21,26)/t12-/m1/s1. The van der Waals surface area contributed by atoms with E-state index in [-0.39, 0.29) is 24.1 Å². The number of hydrogen-bond donors (Lipinski definition) is 1. The van der Waals surface area contributed by atoms with Crippen molar-refractivity contribution in [3.8, 4) is 0 Å². The molecule has 0 unspecified atom stereocenters. The molecule has 1 atom stereocenters. The lowest BCUT2D eigenvalue weighted by atomic mass is 10.1. The summed E-state index contributed by atoms with van der Waals surface area (Å²) in [7, 11) is 2.06. The van der Waals surface area contributed by atoms with E-state index in [2.05, 4.69) is 22.4 Å². The second-order valence-corrected chi connectivity index (χ2v) is 9.64. The zero-order valence-corrected chi connectivity index (χ0v) is 17.2. The number of nitrogens with zero attached hydrogens (tertiary/aromatic N) is 4. The molecule has 3 aromatic rings. The molecule has 0 bridgehead atoms. The van der Waals surface area contributed by atoms with E-state index in [0.717, 1.165) is 54.8 Å². The summed E-state index contributed by atoms with van der Waals surface area (Å²) in [5.74, 6) is 1.03. The highest BCUT2D eigenvalue weighted by atomic mass is 35.5. The summed E-state index contributed by atoms with van der Waals surface area (Å²) < 4.78 is 4.93. The molecule has 2 aliphatic rings. The van der Waals surface area contributed by atoms with Crippen molar-refractivity contribution in [2.75, 3.05) is 20.1 Å². The van der Waals surface area contributed by atoms with Gasteiger partial charge in [0.25, 0.3) is 5.56 Å². The summed E-state index contributed by atoms with van der Waals surface area (Å²) in [5.41, 5.74) is 1.26. The monoisotopic (exact) mass is 419 g/mol. The number of carbonyl (C=O) groups is 1. The van der Waals surface area contributed by atoms with Crippen LogP contribution in [0.3, 0.4) is 0 Å². The van der Waals surface area contributed by atoms with Crippen molar-refractivity contribution >= 4 is 44.6 Å². The first-order chi connectivity index (χ1) is 13.5. The Labute approximate surface area is 170 Å². The van der Waals surface area contributed by atoms with Gasteiger partial charge in [-0.15, -0.1) is 11.3 Å². The molecule has 0 spiro atoms. The Morgan fingerprint density at radius 1 is 1.32 bits per heavy atom. The van der Waals surface area contributed by atoms with Crippen LogP contribution in [0, 0.1) is 0 Å². The van der Waals surface area contributed by atoms with Gasteiger partial charge in [0.05, 0.1) is 14.6 Å². The van der Waals surface area contributed by atoms with Gasteiger partial charge in [-0.05, 0) is 51.4 Å². The molecular formula is C19H22ClN5O2S. The minimum atomic E-state index is -0.236. The average Bonchev–Trinajstić information content (AvgIpc) is 3.33. The molecule has 5 rings (SSSR count). The third-order valence-corrected chi connectivity index (χ3v) is 6.79. The smallest absolute Gasteiger partial charge is 0.291 e. The molecule has 7 nitrogen and oxygen atoms in total. The average molecular weight is 420 g/mol. The Morgan fingerprint density at radius 3 is 2.89 bits per heavy atom. The van der Waals surface area contributed by atoms with E-state index in [0.29, 0.717) is 15.8 Å². The predicted octanol–water partition coefficient (Wildman–Crippen LogP) is 2.45. The number of halogens is 1. The molecule has 28 heavy (non-hydrogen) atoms. The van der Waals surface area contributed by atoms with Gasteiger partial charge in [0.15, 0.2) is 0 Å². The molecule has 148 valence electrons. The highest BCUT2D eigenvalue weighted by Crippen LogP contribution is 2.41. The van der Waals surface area contributed by atoms with Crippen LogP contribution in [0.5, 0.6) is 0 Å². The van der Waals surface area contributed by atoms with Crippen LogP contribution in [0.15, 0.2) is 16.9 Å². The highest BCUT2D eigenvalue weighted by Gasteiger charge is 2.30. The lowest BCUT2D eigenvalue weighted by molar-refractivity contribution is -0.123. The van der Waals surface area contributed by atoms with E-state index in [4.69, 9.17) is 11.6 Å². The highest BCUT2D eigenvalue weighted by molar-refractivity contribution is 7.22. The number of hydrogen-bond acceptors (Lipinski definition) is 5. The van der Waals surface area contributed by atoms with Crippen LogP contribution in [-0.4, -0.2) is 51.2 Å². The number of thiophene rings is 1. The number of rotatable bonds is 4. The Kier molecular flexibility index (Phi) is 4.45. The number of nitrogens with one attached hydrogen (secondary N) is 1. The Balaban J connectivity index is 1.48. The van der Waals surface area contributed by atoms with Crippen LogP contribution in [0.1, 0.15) is 37.4 Å². The third kappa shape index (κ3) is 3.23. The Bertz CT molecular complexity index is 1130. The third-order valence-electron chi connectivity index (χ3n) is 5.59. The molecule has 0 radical (unpaired) electrons. The fourth-order valence-electron chi connectivity index (χ4n) is 4.12. The van der Waals surface area contributed by atoms with Crippen molar-refractivity contribution in [2.45, 2.75) is 44.2 Å². The second kappa shape index (κ2) is 6.86. The number of amides is 1. The van der Waals surface area contributed by atoms with Crippen LogP contribution < -0.4 is 10.9 Å². The van der Waals surface area contributed by atoms with Gasteiger partial charge in [0.2, 0.25) is 5.91 Å². The quantitative estimate of drug-likeness (QED) is 0.705. The van der Waals surface area contributed by atoms with Crippen molar-refractivity contribution < 1.29 is 4.79 Å². The van der Waals surface area contributed by atoms with Gasteiger partial charge in [0, 0.05) is 18.5 Å². The van der Waals surface area contributed by atoms with E-state index in [9.17, 15) is 9.59 Å². The minimum absolute atomic E-state index is 0.0468. The number of aromatic nitrogens is 3. The van der Waals surface area contributed by atoms with Crippen LogP contribution in [0.25, 0.3) is 15.7 Å². The zero-order chi connectivity index (χ0) is 19.4. The first kappa shape index (κ1) is 18.1. The van der Waals surface area contributed by atoms with Crippen molar-refractivity contribution in [2.24, 2.45) is 0 Å². The molecule has 1 N–H and O–H groups in total. The summed E-state index contributed by atoms with van der Waals surface area (Å²) in [6.45, 7) is 1.86. The number of carbonyl (C=O) groups excluding carboxylic acids is 1. The summed E-state index contributed by atoms with van der Waals surface area (Å²) >= 11 is 7.62. The Morgan fingerprint density at radius 2 is 2.14 bits per heavy atom. The van der Waals surface area contributed by atoms with E-state index < -0.39 is 0 Å². The summed E-state index contributed by atoms with van der Waals surface area (Å²) in [5, 5.41) is 7.66. The first-order valence-corrected chi connectivity index (χ1v) is 10.9. The maximum Gasteiger partial charge on any atom is 0.291 e. The van der Waals surface area contributed by atoms with Gasteiger partial charge >= 0.3 is 0 Å². The second-order valence-electron chi connectivity index (χ2n) is 7.93. The largest absolute Gasteiger partial charge is 0.350 e. The fourth-order valence-corrected chi connectivity index (χ4v) is 5.28. The molecule has 1 amide bonds. The van der Waals surface area contributed by atoms with E-state index >= 15 is 0 Å². The predicted molar refractivity (Wildman–Crippen MR) is 110 cm³/mol. The lowest BCUT2D eigenvalue weighted by Gasteiger charge is -2.30. The first-order valence-electron chi connectivity index (χ1n) is 9.69. The molecule has 2 fully saturated rings. The lowest BCUT2D eigenvalue weighted by Crippen LogP contribution is -2.48. The van der Waals surface area contributed by atoms with Crippen LogP contribution in [0.2, 0.25) is 4.34 Å². The van der Waals surface area contributed by atoms with E-state index in [1.807, 2.05) is 16.5 Å². The summed E-state index contributed by atoms with van der Waals surface area (Å²) in [4.78, 5) is 27.8. The number of fused-ring (bicyclic) bond motifs is 3. The fraction of sp³-hybridized carbons (Fsp3) is 0.526. The van der Waals surface area contributed by atoms with E-state index in [1.54, 1.807) is 0 Å². The normalized spacial score (nSPS) is 20.9. The molecule has 0 aromatic carbocycles. The Hall–Kier alpha value is -1.90. The van der Waals surface area contributed by atoms with Crippen molar-refractivity contribution in [1.29, 1.82) is 0 Å². The zero-order valence-electron chi connectivity index (χ0n) is 15.7. The minimum Gasteiger partial charge on any atom is -0.350 e. The summed E-state index contributed by atoms with van der Waals surface area (Å²) in [6, 6.07) is 3.89. The molecule has 1 saturated heterocycles. The summed E-state index contributed by atoms with van der Waals surface area (Å²) in [6.07, 6.45) is 4.15. The number of likely N-dealkylation sites (tertiary alicyclic amines) is 1. The van der Waals surface area contributed by atoms with Gasteiger partial charge in [-0.25, -0.2) is 4.68 Å². The van der Waals surface area contributed by atoms with Gasteiger partial charge in [-0.2, -0.15) is 5.10 Å². The molecule has 4 heterocycles. The molecule has 1 aliphatic heterocycles. The molecule has 1 saturated carbocycles. The van der Waals surface area contributed by atoms with Crippen LogP contribution >= 0.6 is 22.9 Å². The van der Waals surface area contributed by atoms with E-state index in [1.165, 1.54) is 16.0 Å². The van der Waals surface area contributed by atoms with Gasteiger partial charge < -0.3 is 10.2 Å².